The summed E-state index contributed by atoms with van der Waals surface area (Å²) in [6.07, 6.45) is 0.748. The number of nitrogens with zero attached hydrogens (tertiary/aromatic N) is 1. The Morgan fingerprint density at radius 1 is 1.16 bits per heavy atom. The van der Waals surface area contributed by atoms with E-state index >= 15 is 0 Å². The van der Waals surface area contributed by atoms with Crippen molar-refractivity contribution in [3.05, 3.63) is 76.9 Å². The quantitative estimate of drug-likeness (QED) is 0.485. The van der Waals surface area contributed by atoms with Crippen molar-refractivity contribution in [1.82, 2.24) is 4.90 Å². The van der Waals surface area contributed by atoms with Gasteiger partial charge < -0.3 is 25.0 Å². The summed E-state index contributed by atoms with van der Waals surface area (Å²) in [5.74, 6) is -2.85. The molecule has 0 bridgehead atoms. The maximum Gasteiger partial charge on any atom is 0.411 e. The standard InChI is InChI=1S/C23H24N2O7/c1-3-8-25-20(15-6-4-5-7-18(15)24-23(31)32-2)19(22(29)30)16-9-13(11-26)14(12-27)10-17(16)21(25)28/h3-7,9-10,19-20,26-27H,1,8,11-12H2,2H3,(H,24,31)(H,29,30)/t19-,20-/m1/s1. The second kappa shape index (κ2) is 9.63. The zero-order valence-electron chi connectivity index (χ0n) is 17.4. The van der Waals surface area contributed by atoms with Gasteiger partial charge in [0, 0.05) is 17.8 Å². The summed E-state index contributed by atoms with van der Waals surface area (Å²) in [6, 6.07) is 8.46. The number of ether oxygens (including phenoxy) is 1. The molecule has 2 aromatic rings. The molecule has 3 rings (SSSR count). The minimum absolute atomic E-state index is 0.0511. The molecule has 1 aliphatic heterocycles. The lowest BCUT2D eigenvalue weighted by Crippen LogP contribution is -2.45. The average Bonchev–Trinajstić information content (AvgIpc) is 2.79. The summed E-state index contributed by atoms with van der Waals surface area (Å²) in [4.78, 5) is 39.2. The van der Waals surface area contributed by atoms with E-state index in [1.54, 1.807) is 24.3 Å². The van der Waals surface area contributed by atoms with Gasteiger partial charge in [0.25, 0.3) is 5.91 Å². The first kappa shape index (κ1) is 23.0. The summed E-state index contributed by atoms with van der Waals surface area (Å²) >= 11 is 0. The van der Waals surface area contributed by atoms with Crippen molar-refractivity contribution in [2.24, 2.45) is 0 Å². The Morgan fingerprint density at radius 3 is 2.41 bits per heavy atom. The maximum atomic E-state index is 13.4. The molecule has 0 fully saturated rings. The molecule has 1 heterocycles. The number of fused-ring (bicyclic) bond motifs is 1. The molecule has 0 spiro atoms. The lowest BCUT2D eigenvalue weighted by atomic mass is 9.78. The third-order valence-corrected chi connectivity index (χ3v) is 5.48. The molecule has 168 valence electrons. The van der Waals surface area contributed by atoms with Crippen molar-refractivity contribution in [1.29, 1.82) is 0 Å². The van der Waals surface area contributed by atoms with Crippen molar-refractivity contribution < 1.29 is 34.4 Å². The molecular weight excluding hydrogens is 416 g/mol. The number of amides is 2. The van der Waals surface area contributed by atoms with Crippen molar-refractivity contribution in [3.63, 3.8) is 0 Å². The molecular formula is C23H24N2O7. The van der Waals surface area contributed by atoms with Gasteiger partial charge in [-0.2, -0.15) is 0 Å². The zero-order chi connectivity index (χ0) is 23.4. The van der Waals surface area contributed by atoms with Crippen LogP contribution in [-0.2, 0) is 22.7 Å². The van der Waals surface area contributed by atoms with E-state index in [2.05, 4.69) is 16.6 Å². The minimum atomic E-state index is -1.21. The molecule has 0 saturated heterocycles. The van der Waals surface area contributed by atoms with Crippen molar-refractivity contribution in [2.75, 3.05) is 19.0 Å². The van der Waals surface area contributed by atoms with Crippen LogP contribution < -0.4 is 5.32 Å². The van der Waals surface area contributed by atoms with E-state index < -0.39 is 43.1 Å². The SMILES string of the molecule is C=CCN1C(=O)c2cc(CO)c(CO)cc2[C@@H](C(=O)O)[C@H]1c1ccccc1NC(=O)OC. The van der Waals surface area contributed by atoms with Gasteiger partial charge in [-0.25, -0.2) is 4.79 Å². The van der Waals surface area contributed by atoms with Crippen LogP contribution in [0.3, 0.4) is 0 Å². The molecule has 2 atom stereocenters. The lowest BCUT2D eigenvalue weighted by molar-refractivity contribution is -0.140. The minimum Gasteiger partial charge on any atom is -0.481 e. The van der Waals surface area contributed by atoms with Gasteiger partial charge in [-0.05, 0) is 34.4 Å². The highest BCUT2D eigenvalue weighted by Gasteiger charge is 2.45. The fourth-order valence-electron chi connectivity index (χ4n) is 4.06. The predicted molar refractivity (Wildman–Crippen MR) is 115 cm³/mol. The van der Waals surface area contributed by atoms with E-state index in [9.17, 15) is 29.7 Å². The van der Waals surface area contributed by atoms with Crippen LogP contribution >= 0.6 is 0 Å². The Morgan fingerprint density at radius 2 is 1.81 bits per heavy atom. The number of aliphatic hydroxyl groups is 2. The Hall–Kier alpha value is -3.69. The Bertz CT molecular complexity index is 1070. The van der Waals surface area contributed by atoms with Gasteiger partial charge >= 0.3 is 12.1 Å². The zero-order valence-corrected chi connectivity index (χ0v) is 17.4. The number of carboxylic acids is 1. The molecule has 0 radical (unpaired) electrons. The maximum absolute atomic E-state index is 13.4. The molecule has 2 amide bonds. The lowest BCUT2D eigenvalue weighted by Gasteiger charge is -2.41. The van der Waals surface area contributed by atoms with Crippen LogP contribution in [0.2, 0.25) is 0 Å². The Kier molecular flexibility index (Phi) is 6.92. The van der Waals surface area contributed by atoms with Crippen LogP contribution in [-0.4, -0.2) is 51.8 Å². The average molecular weight is 440 g/mol. The van der Waals surface area contributed by atoms with Gasteiger partial charge in [-0.1, -0.05) is 30.3 Å². The fraction of sp³-hybridized carbons (Fsp3) is 0.261. The number of methoxy groups -OCH3 is 1. The van der Waals surface area contributed by atoms with Crippen LogP contribution in [0.1, 0.15) is 44.6 Å². The van der Waals surface area contributed by atoms with E-state index in [0.29, 0.717) is 22.4 Å². The third-order valence-electron chi connectivity index (χ3n) is 5.48. The molecule has 9 nitrogen and oxygen atoms in total. The number of hydrogen-bond acceptors (Lipinski definition) is 6. The number of carboxylic acid groups (broad SMARTS) is 1. The summed E-state index contributed by atoms with van der Waals surface area (Å²) in [7, 11) is 1.21. The second-order valence-corrected chi connectivity index (χ2v) is 7.24. The normalized spacial score (nSPS) is 17.5. The molecule has 0 saturated carbocycles. The molecule has 0 aliphatic carbocycles. The van der Waals surface area contributed by atoms with Crippen LogP contribution in [0.25, 0.3) is 0 Å². The molecule has 4 N–H and O–H groups in total. The highest BCUT2D eigenvalue weighted by Crippen LogP contribution is 2.45. The first-order chi connectivity index (χ1) is 15.4. The fourth-order valence-corrected chi connectivity index (χ4v) is 4.06. The largest absolute Gasteiger partial charge is 0.481 e. The van der Waals surface area contributed by atoms with Crippen molar-refractivity contribution in [2.45, 2.75) is 25.2 Å². The highest BCUT2D eigenvalue weighted by molar-refractivity contribution is 6.01. The van der Waals surface area contributed by atoms with Crippen LogP contribution in [0.5, 0.6) is 0 Å². The number of rotatable bonds is 7. The number of anilines is 1. The molecule has 1 aliphatic rings. The van der Waals surface area contributed by atoms with Gasteiger partial charge in [0.1, 0.15) is 5.92 Å². The first-order valence-corrected chi connectivity index (χ1v) is 9.83. The van der Waals surface area contributed by atoms with Gasteiger partial charge in [0.05, 0.1) is 26.4 Å². The Balaban J connectivity index is 2.28. The van der Waals surface area contributed by atoms with Gasteiger partial charge in [-0.15, -0.1) is 6.58 Å². The molecule has 0 unspecified atom stereocenters. The van der Waals surface area contributed by atoms with E-state index in [-0.39, 0.29) is 17.7 Å². The van der Waals surface area contributed by atoms with Crippen LogP contribution in [0.15, 0.2) is 49.1 Å². The summed E-state index contributed by atoms with van der Waals surface area (Å²) in [5, 5.41) is 32.1. The van der Waals surface area contributed by atoms with Crippen LogP contribution in [0, 0.1) is 0 Å². The van der Waals surface area contributed by atoms with E-state index in [0.717, 1.165) is 0 Å². The smallest absolute Gasteiger partial charge is 0.411 e. The van der Waals surface area contributed by atoms with Crippen molar-refractivity contribution >= 4 is 23.7 Å². The van der Waals surface area contributed by atoms with E-state index in [4.69, 9.17) is 0 Å². The van der Waals surface area contributed by atoms with Crippen LogP contribution in [0.4, 0.5) is 10.5 Å². The summed E-state index contributed by atoms with van der Waals surface area (Å²) < 4.78 is 4.66. The molecule has 2 aromatic carbocycles. The number of hydrogen-bond donors (Lipinski definition) is 4. The molecule has 32 heavy (non-hydrogen) atoms. The number of carbonyl (C=O) groups excluding carboxylic acids is 2. The summed E-state index contributed by atoms with van der Waals surface area (Å²) in [6.45, 7) is 2.90. The van der Waals surface area contributed by atoms with Crippen molar-refractivity contribution in [3.8, 4) is 0 Å². The number of para-hydroxylation sites is 1. The first-order valence-electron chi connectivity index (χ1n) is 9.83. The monoisotopic (exact) mass is 440 g/mol. The number of carbonyl (C=O) groups is 3. The number of benzene rings is 2. The number of aliphatic hydroxyl groups excluding tert-OH is 2. The molecule has 9 heteroatoms. The van der Waals surface area contributed by atoms with E-state index in [1.165, 1.54) is 30.2 Å². The molecule has 0 aromatic heterocycles. The highest BCUT2D eigenvalue weighted by atomic mass is 16.5. The third kappa shape index (κ3) is 4.08. The number of nitrogens with one attached hydrogen (secondary N) is 1. The predicted octanol–water partition coefficient (Wildman–Crippen LogP) is 2.40. The van der Waals surface area contributed by atoms with E-state index in [1.807, 2.05) is 0 Å². The number of aliphatic carboxylic acids is 1. The summed E-state index contributed by atoms with van der Waals surface area (Å²) in [5.41, 5.74) is 1.74. The topological polar surface area (TPSA) is 136 Å². The second-order valence-electron chi connectivity index (χ2n) is 7.24. The van der Waals surface area contributed by atoms with Gasteiger partial charge in [0.15, 0.2) is 0 Å². The van der Waals surface area contributed by atoms with Gasteiger partial charge in [0.2, 0.25) is 0 Å². The van der Waals surface area contributed by atoms with Gasteiger partial charge in [-0.3, -0.25) is 14.9 Å². The Labute approximate surface area is 184 Å².